The van der Waals surface area contributed by atoms with E-state index in [2.05, 4.69) is 0 Å². The molecule has 0 saturated heterocycles. The second-order valence-electron chi connectivity index (χ2n) is 2.92. The van der Waals surface area contributed by atoms with Crippen molar-refractivity contribution in [1.29, 1.82) is 0 Å². The number of carbonyl (C=O) groups is 1. The average Bonchev–Trinajstić information content (AvgIpc) is 2.65. The molecule has 0 aromatic carbocycles. The first-order valence-corrected chi connectivity index (χ1v) is 4.82. The molecule has 0 spiro atoms. The Morgan fingerprint density at radius 2 is 2.50 bits per heavy atom. The highest BCUT2D eigenvalue weighted by Gasteiger charge is 2.03. The largest absolute Gasteiger partial charge is 0.466 e. The van der Waals surface area contributed by atoms with E-state index in [1.165, 1.54) is 0 Å². The first-order valence-electron chi connectivity index (χ1n) is 4.82. The molecule has 78 valence electrons. The van der Waals surface area contributed by atoms with Gasteiger partial charge in [0.1, 0.15) is 6.54 Å². The van der Waals surface area contributed by atoms with Crippen LogP contribution in [0.3, 0.4) is 0 Å². The molecule has 0 unspecified atom stereocenters. The van der Waals surface area contributed by atoms with Crippen LogP contribution in [-0.4, -0.2) is 19.1 Å². The third kappa shape index (κ3) is 4.09. The Bertz CT molecular complexity index is 256. The summed E-state index contributed by atoms with van der Waals surface area (Å²) in [5.74, 6) is 0.789. The molecular formula is C10H16NO3+. The van der Waals surface area contributed by atoms with Gasteiger partial charge in [-0.1, -0.05) is 0 Å². The second kappa shape index (κ2) is 6.21. The highest BCUT2D eigenvalue weighted by atomic mass is 16.5. The molecule has 1 rings (SSSR count). The van der Waals surface area contributed by atoms with Crippen LogP contribution in [0.4, 0.5) is 0 Å². The molecule has 0 aliphatic rings. The molecule has 1 heterocycles. The third-order valence-electron chi connectivity index (χ3n) is 1.78. The van der Waals surface area contributed by atoms with Crippen molar-refractivity contribution in [3.8, 4) is 0 Å². The van der Waals surface area contributed by atoms with Crippen LogP contribution in [0.15, 0.2) is 22.8 Å². The standard InChI is InChI=1S/C10H15NO3/c1-2-13-10(12)5-6-11-8-9-4-3-7-14-9/h3-4,7,11H,2,5-6,8H2,1H3/p+1. The fourth-order valence-corrected chi connectivity index (χ4v) is 1.13. The van der Waals surface area contributed by atoms with Crippen LogP contribution in [0.2, 0.25) is 0 Å². The lowest BCUT2D eigenvalue weighted by Gasteiger charge is -2.00. The first-order chi connectivity index (χ1) is 6.83. The summed E-state index contributed by atoms with van der Waals surface area (Å²) in [6, 6.07) is 3.77. The minimum Gasteiger partial charge on any atom is -0.466 e. The van der Waals surface area contributed by atoms with Gasteiger partial charge in [0, 0.05) is 0 Å². The zero-order chi connectivity index (χ0) is 10.2. The van der Waals surface area contributed by atoms with Gasteiger partial charge in [-0.2, -0.15) is 0 Å². The molecule has 0 saturated carbocycles. The van der Waals surface area contributed by atoms with Gasteiger partial charge < -0.3 is 14.5 Å². The van der Waals surface area contributed by atoms with Crippen LogP contribution >= 0.6 is 0 Å². The van der Waals surface area contributed by atoms with Crippen molar-refractivity contribution in [2.45, 2.75) is 19.9 Å². The number of hydrogen-bond acceptors (Lipinski definition) is 3. The number of carbonyl (C=O) groups excluding carboxylic acids is 1. The maximum Gasteiger partial charge on any atom is 0.311 e. The quantitative estimate of drug-likeness (QED) is 0.528. The summed E-state index contributed by atoms with van der Waals surface area (Å²) in [6.07, 6.45) is 2.10. The second-order valence-corrected chi connectivity index (χ2v) is 2.92. The summed E-state index contributed by atoms with van der Waals surface area (Å²) in [5.41, 5.74) is 0. The number of nitrogens with two attached hydrogens (primary N) is 1. The number of hydrogen-bond donors (Lipinski definition) is 1. The molecule has 14 heavy (non-hydrogen) atoms. The van der Waals surface area contributed by atoms with Crippen LogP contribution in [0, 0.1) is 0 Å². The summed E-state index contributed by atoms with van der Waals surface area (Å²) in [5, 5.41) is 2.02. The van der Waals surface area contributed by atoms with Crippen molar-refractivity contribution in [2.75, 3.05) is 13.2 Å². The van der Waals surface area contributed by atoms with Crippen molar-refractivity contribution in [2.24, 2.45) is 0 Å². The lowest BCUT2D eigenvalue weighted by Crippen LogP contribution is -2.82. The van der Waals surface area contributed by atoms with E-state index in [9.17, 15) is 4.79 Å². The molecule has 1 aromatic rings. The summed E-state index contributed by atoms with van der Waals surface area (Å²) in [4.78, 5) is 10.9. The zero-order valence-electron chi connectivity index (χ0n) is 8.36. The average molecular weight is 198 g/mol. The van der Waals surface area contributed by atoms with Crippen molar-refractivity contribution in [3.05, 3.63) is 24.2 Å². The van der Waals surface area contributed by atoms with Gasteiger partial charge in [0.05, 0.1) is 25.8 Å². The molecule has 0 aliphatic carbocycles. The van der Waals surface area contributed by atoms with E-state index in [0.717, 1.165) is 18.8 Å². The zero-order valence-corrected chi connectivity index (χ0v) is 8.36. The first kappa shape index (κ1) is 10.8. The molecule has 0 fully saturated rings. The van der Waals surface area contributed by atoms with Crippen LogP contribution in [0.5, 0.6) is 0 Å². The monoisotopic (exact) mass is 198 g/mol. The van der Waals surface area contributed by atoms with Crippen LogP contribution < -0.4 is 5.32 Å². The van der Waals surface area contributed by atoms with Gasteiger partial charge >= 0.3 is 5.97 Å². The van der Waals surface area contributed by atoms with Gasteiger partial charge in [0.25, 0.3) is 0 Å². The Kier molecular flexibility index (Phi) is 4.78. The maximum absolute atomic E-state index is 10.9. The molecule has 0 atom stereocenters. The molecule has 4 heteroatoms. The molecule has 2 N–H and O–H groups in total. The van der Waals surface area contributed by atoms with Crippen molar-refractivity contribution in [3.63, 3.8) is 0 Å². The fourth-order valence-electron chi connectivity index (χ4n) is 1.13. The van der Waals surface area contributed by atoms with E-state index < -0.39 is 0 Å². The minimum atomic E-state index is -0.136. The predicted molar refractivity (Wildman–Crippen MR) is 50.5 cm³/mol. The maximum atomic E-state index is 10.9. The molecular weight excluding hydrogens is 182 g/mol. The highest BCUT2D eigenvalue weighted by molar-refractivity contribution is 5.69. The number of quaternary nitrogens is 1. The minimum absolute atomic E-state index is 0.136. The van der Waals surface area contributed by atoms with Gasteiger partial charge in [0.2, 0.25) is 0 Å². The van der Waals surface area contributed by atoms with E-state index in [4.69, 9.17) is 9.15 Å². The van der Waals surface area contributed by atoms with Gasteiger partial charge in [-0.05, 0) is 19.1 Å². The molecule has 0 radical (unpaired) electrons. The lowest BCUT2D eigenvalue weighted by atomic mass is 10.4. The number of esters is 1. The van der Waals surface area contributed by atoms with E-state index in [-0.39, 0.29) is 5.97 Å². The van der Waals surface area contributed by atoms with E-state index in [1.54, 1.807) is 6.26 Å². The molecule has 0 bridgehead atoms. The predicted octanol–water partition coefficient (Wildman–Crippen LogP) is 0.296. The van der Waals surface area contributed by atoms with Gasteiger partial charge in [0.15, 0.2) is 5.76 Å². The van der Waals surface area contributed by atoms with Crippen molar-refractivity contribution >= 4 is 5.97 Å². The van der Waals surface area contributed by atoms with Crippen molar-refractivity contribution < 1.29 is 19.3 Å². The van der Waals surface area contributed by atoms with E-state index in [1.807, 2.05) is 24.4 Å². The Labute approximate surface area is 83.2 Å². The Balaban J connectivity index is 2.02. The lowest BCUT2D eigenvalue weighted by molar-refractivity contribution is -0.671. The number of ether oxygens (including phenoxy) is 1. The molecule has 0 aliphatic heterocycles. The Hall–Kier alpha value is -1.29. The van der Waals surface area contributed by atoms with Crippen LogP contribution in [0.1, 0.15) is 19.1 Å². The summed E-state index contributed by atoms with van der Waals surface area (Å²) < 4.78 is 9.94. The van der Waals surface area contributed by atoms with Gasteiger partial charge in [-0.25, -0.2) is 0 Å². The Morgan fingerprint density at radius 1 is 1.64 bits per heavy atom. The van der Waals surface area contributed by atoms with E-state index in [0.29, 0.717) is 13.0 Å². The fraction of sp³-hybridized carbons (Fsp3) is 0.500. The van der Waals surface area contributed by atoms with E-state index >= 15 is 0 Å². The third-order valence-corrected chi connectivity index (χ3v) is 1.78. The summed E-state index contributed by atoms with van der Waals surface area (Å²) in [7, 11) is 0. The number of furan rings is 1. The summed E-state index contributed by atoms with van der Waals surface area (Å²) >= 11 is 0. The van der Waals surface area contributed by atoms with Crippen molar-refractivity contribution in [1.82, 2.24) is 0 Å². The smallest absolute Gasteiger partial charge is 0.311 e. The van der Waals surface area contributed by atoms with Crippen LogP contribution in [-0.2, 0) is 16.1 Å². The van der Waals surface area contributed by atoms with Crippen LogP contribution in [0.25, 0.3) is 0 Å². The van der Waals surface area contributed by atoms with Gasteiger partial charge in [-0.15, -0.1) is 0 Å². The topological polar surface area (TPSA) is 56.0 Å². The Morgan fingerprint density at radius 3 is 3.14 bits per heavy atom. The molecule has 1 aromatic heterocycles. The SMILES string of the molecule is CCOC(=O)CC[NH2+]Cc1ccco1. The van der Waals surface area contributed by atoms with Gasteiger partial charge in [-0.3, -0.25) is 4.79 Å². The normalized spacial score (nSPS) is 10.1. The summed E-state index contributed by atoms with van der Waals surface area (Å²) in [6.45, 7) is 3.77. The molecule has 4 nitrogen and oxygen atoms in total. The molecule has 0 amide bonds. The highest BCUT2D eigenvalue weighted by Crippen LogP contribution is 1.95. The number of rotatable bonds is 6.